The molecule has 0 saturated carbocycles. The third-order valence-corrected chi connectivity index (χ3v) is 3.59. The van der Waals surface area contributed by atoms with E-state index in [0.717, 1.165) is 0 Å². The van der Waals surface area contributed by atoms with Gasteiger partial charge in [-0.2, -0.15) is 0 Å². The van der Waals surface area contributed by atoms with Crippen molar-refractivity contribution in [3.63, 3.8) is 0 Å². The lowest BCUT2D eigenvalue weighted by Crippen LogP contribution is -2.31. The standard InChI is InChI=1S/C21H20N2O4/c1-4-15-6-5-7-17(12-15)23-21(25)14-22-20(24)11-8-16-13-18(26-2)9-10-19(16)27-3/h1,5-13H,14H2,2-3H3,(H,22,24)(H,23,25)/b11-8+. The topological polar surface area (TPSA) is 76.7 Å². The summed E-state index contributed by atoms with van der Waals surface area (Å²) in [5, 5.41) is 5.19. The fraction of sp³-hybridized carbons (Fsp3) is 0.143. The number of anilines is 1. The second-order valence-electron chi connectivity index (χ2n) is 5.43. The summed E-state index contributed by atoms with van der Waals surface area (Å²) in [5.41, 5.74) is 1.91. The average Bonchev–Trinajstić information content (AvgIpc) is 2.70. The van der Waals surface area contributed by atoms with Crippen molar-refractivity contribution in [1.29, 1.82) is 0 Å². The Hall–Kier alpha value is -3.72. The summed E-state index contributed by atoms with van der Waals surface area (Å²) in [6, 6.07) is 12.1. The molecule has 0 spiro atoms. The van der Waals surface area contributed by atoms with Crippen molar-refractivity contribution in [2.24, 2.45) is 0 Å². The molecule has 0 saturated heterocycles. The SMILES string of the molecule is C#Cc1cccc(NC(=O)CNC(=O)/C=C/c2cc(OC)ccc2OC)c1. The van der Waals surface area contributed by atoms with E-state index in [4.69, 9.17) is 15.9 Å². The quantitative estimate of drug-likeness (QED) is 0.584. The number of amides is 2. The number of carbonyl (C=O) groups is 2. The summed E-state index contributed by atoms with van der Waals surface area (Å²) < 4.78 is 10.4. The Bertz CT molecular complexity index is 897. The van der Waals surface area contributed by atoms with E-state index in [1.54, 1.807) is 62.8 Å². The highest BCUT2D eigenvalue weighted by Gasteiger charge is 2.06. The predicted molar refractivity (Wildman–Crippen MR) is 105 cm³/mol. The van der Waals surface area contributed by atoms with Gasteiger partial charge in [0.2, 0.25) is 11.8 Å². The van der Waals surface area contributed by atoms with Gasteiger partial charge < -0.3 is 20.1 Å². The molecule has 0 aliphatic heterocycles. The van der Waals surface area contributed by atoms with Gasteiger partial charge in [-0.05, 0) is 42.5 Å². The number of hydrogen-bond donors (Lipinski definition) is 2. The molecule has 0 aromatic heterocycles. The van der Waals surface area contributed by atoms with E-state index in [1.807, 2.05) is 0 Å². The molecule has 2 N–H and O–H groups in total. The molecule has 138 valence electrons. The van der Waals surface area contributed by atoms with Gasteiger partial charge in [0.25, 0.3) is 0 Å². The zero-order chi connectivity index (χ0) is 19.6. The lowest BCUT2D eigenvalue weighted by molar-refractivity contribution is -0.121. The first-order valence-corrected chi connectivity index (χ1v) is 8.10. The number of ether oxygens (including phenoxy) is 2. The number of methoxy groups -OCH3 is 2. The van der Waals surface area contributed by atoms with Gasteiger partial charge in [0.15, 0.2) is 0 Å². The van der Waals surface area contributed by atoms with Gasteiger partial charge in [0.1, 0.15) is 11.5 Å². The van der Waals surface area contributed by atoms with E-state index in [-0.39, 0.29) is 12.5 Å². The molecule has 2 aromatic rings. The monoisotopic (exact) mass is 364 g/mol. The van der Waals surface area contributed by atoms with Crippen LogP contribution in [0, 0.1) is 12.3 Å². The molecule has 0 aliphatic carbocycles. The Morgan fingerprint density at radius 1 is 1.15 bits per heavy atom. The molecule has 27 heavy (non-hydrogen) atoms. The average molecular weight is 364 g/mol. The third-order valence-electron chi connectivity index (χ3n) is 3.59. The minimum absolute atomic E-state index is 0.168. The first-order chi connectivity index (χ1) is 13.0. The Morgan fingerprint density at radius 3 is 2.67 bits per heavy atom. The van der Waals surface area contributed by atoms with E-state index < -0.39 is 5.91 Å². The number of carbonyl (C=O) groups excluding carboxylic acids is 2. The lowest BCUT2D eigenvalue weighted by Gasteiger charge is -2.07. The van der Waals surface area contributed by atoms with E-state index in [1.165, 1.54) is 6.08 Å². The van der Waals surface area contributed by atoms with Gasteiger partial charge in [0.05, 0.1) is 20.8 Å². The lowest BCUT2D eigenvalue weighted by atomic mass is 10.1. The Labute approximate surface area is 158 Å². The van der Waals surface area contributed by atoms with Crippen molar-refractivity contribution in [3.05, 3.63) is 59.7 Å². The number of benzene rings is 2. The van der Waals surface area contributed by atoms with E-state index in [2.05, 4.69) is 16.6 Å². The Kier molecular flexibility index (Phi) is 7.03. The van der Waals surface area contributed by atoms with Crippen molar-refractivity contribution < 1.29 is 19.1 Å². The number of hydrogen-bond acceptors (Lipinski definition) is 4. The van der Waals surface area contributed by atoms with Gasteiger partial charge in [0, 0.05) is 22.9 Å². The predicted octanol–water partition coefficient (Wildman–Crippen LogP) is 2.45. The molecule has 6 nitrogen and oxygen atoms in total. The molecule has 2 amide bonds. The molecule has 2 aromatic carbocycles. The van der Waals surface area contributed by atoms with Crippen molar-refractivity contribution in [2.45, 2.75) is 0 Å². The fourth-order valence-corrected chi connectivity index (χ4v) is 2.25. The first-order valence-electron chi connectivity index (χ1n) is 8.10. The molecule has 0 heterocycles. The van der Waals surface area contributed by atoms with E-state index >= 15 is 0 Å². The van der Waals surface area contributed by atoms with Crippen LogP contribution in [-0.4, -0.2) is 32.6 Å². The van der Waals surface area contributed by atoms with E-state index in [9.17, 15) is 9.59 Å². The van der Waals surface area contributed by atoms with Crippen molar-refractivity contribution in [1.82, 2.24) is 5.32 Å². The number of rotatable bonds is 7. The van der Waals surface area contributed by atoms with Gasteiger partial charge in [-0.1, -0.05) is 12.0 Å². The van der Waals surface area contributed by atoms with Crippen molar-refractivity contribution in [2.75, 3.05) is 26.1 Å². The van der Waals surface area contributed by atoms with Crippen LogP contribution < -0.4 is 20.1 Å². The molecule has 6 heteroatoms. The smallest absolute Gasteiger partial charge is 0.244 e. The summed E-state index contributed by atoms with van der Waals surface area (Å²) >= 11 is 0. The minimum atomic E-state index is -0.410. The summed E-state index contributed by atoms with van der Waals surface area (Å²) in [6.45, 7) is -0.168. The highest BCUT2D eigenvalue weighted by Crippen LogP contribution is 2.24. The van der Waals surface area contributed by atoms with Crippen LogP contribution in [0.5, 0.6) is 11.5 Å². The van der Waals surface area contributed by atoms with Crippen LogP contribution in [-0.2, 0) is 9.59 Å². The largest absolute Gasteiger partial charge is 0.497 e. The molecule has 2 rings (SSSR count). The minimum Gasteiger partial charge on any atom is -0.497 e. The van der Waals surface area contributed by atoms with Crippen LogP contribution in [0.2, 0.25) is 0 Å². The van der Waals surface area contributed by atoms with Crippen molar-refractivity contribution in [3.8, 4) is 23.8 Å². The van der Waals surface area contributed by atoms with E-state index in [0.29, 0.717) is 28.3 Å². The maximum atomic E-state index is 12.0. The third kappa shape index (κ3) is 5.94. The summed E-state index contributed by atoms with van der Waals surface area (Å²) in [7, 11) is 3.10. The van der Waals surface area contributed by atoms with Crippen LogP contribution in [0.4, 0.5) is 5.69 Å². The zero-order valence-electron chi connectivity index (χ0n) is 15.1. The fourth-order valence-electron chi connectivity index (χ4n) is 2.25. The maximum absolute atomic E-state index is 12.0. The van der Waals surface area contributed by atoms with Gasteiger partial charge in [-0.25, -0.2) is 0 Å². The molecular formula is C21H20N2O4. The second-order valence-corrected chi connectivity index (χ2v) is 5.43. The van der Waals surface area contributed by atoms with Gasteiger partial charge in [-0.3, -0.25) is 9.59 Å². The highest BCUT2D eigenvalue weighted by molar-refractivity contribution is 5.98. The Morgan fingerprint density at radius 2 is 1.96 bits per heavy atom. The van der Waals surface area contributed by atoms with Crippen LogP contribution >= 0.6 is 0 Å². The van der Waals surface area contributed by atoms with Crippen LogP contribution in [0.15, 0.2) is 48.5 Å². The number of nitrogens with one attached hydrogen (secondary N) is 2. The molecule has 0 atom stereocenters. The van der Waals surface area contributed by atoms with Gasteiger partial charge >= 0.3 is 0 Å². The van der Waals surface area contributed by atoms with Crippen LogP contribution in [0.25, 0.3) is 6.08 Å². The number of terminal acetylenes is 1. The Balaban J connectivity index is 1.91. The molecule has 0 unspecified atom stereocenters. The maximum Gasteiger partial charge on any atom is 0.244 e. The van der Waals surface area contributed by atoms with Crippen LogP contribution in [0.3, 0.4) is 0 Å². The highest BCUT2D eigenvalue weighted by atomic mass is 16.5. The van der Waals surface area contributed by atoms with Crippen molar-refractivity contribution >= 4 is 23.6 Å². The first kappa shape index (κ1) is 19.6. The second kappa shape index (κ2) is 9.68. The normalized spacial score (nSPS) is 10.1. The molecule has 0 radical (unpaired) electrons. The van der Waals surface area contributed by atoms with Gasteiger partial charge in [-0.15, -0.1) is 6.42 Å². The molecule has 0 bridgehead atoms. The summed E-state index contributed by atoms with van der Waals surface area (Å²) in [6.07, 6.45) is 8.24. The summed E-state index contributed by atoms with van der Waals surface area (Å²) in [4.78, 5) is 23.9. The molecular weight excluding hydrogens is 344 g/mol. The van der Waals surface area contributed by atoms with Crippen LogP contribution in [0.1, 0.15) is 11.1 Å². The summed E-state index contributed by atoms with van der Waals surface area (Å²) in [5.74, 6) is 2.97. The molecule has 0 aliphatic rings. The zero-order valence-corrected chi connectivity index (χ0v) is 15.1. The molecule has 0 fully saturated rings.